The van der Waals surface area contributed by atoms with E-state index < -0.39 is 12.1 Å². The molecule has 1 aliphatic rings. The highest BCUT2D eigenvalue weighted by molar-refractivity contribution is 7.98. The lowest BCUT2D eigenvalue weighted by atomic mass is 10.1. The normalized spacial score (nSPS) is 16.5. The van der Waals surface area contributed by atoms with Gasteiger partial charge < -0.3 is 20.9 Å². The number of thioether (sulfide) groups is 1. The van der Waals surface area contributed by atoms with Crippen molar-refractivity contribution in [1.29, 1.82) is 0 Å². The summed E-state index contributed by atoms with van der Waals surface area (Å²) in [5, 5.41) is 2.60. The molecule has 0 spiro atoms. The zero-order valence-electron chi connectivity index (χ0n) is 15.1. The summed E-state index contributed by atoms with van der Waals surface area (Å²) in [4.78, 5) is 27.2. The zero-order valence-corrected chi connectivity index (χ0v) is 15.9. The average molecular weight is 366 g/mol. The van der Waals surface area contributed by atoms with Gasteiger partial charge in [-0.25, -0.2) is 4.79 Å². The van der Waals surface area contributed by atoms with E-state index in [0.29, 0.717) is 6.42 Å². The molecule has 1 aromatic carbocycles. The predicted molar refractivity (Wildman–Crippen MR) is 102 cm³/mol. The Bertz CT molecular complexity index is 588. The number of rotatable bonds is 7. The Morgan fingerprint density at radius 1 is 1.32 bits per heavy atom. The van der Waals surface area contributed by atoms with Crippen molar-refractivity contribution in [3.05, 3.63) is 35.4 Å². The molecule has 1 saturated heterocycles. The molecule has 2 rings (SSSR count). The van der Waals surface area contributed by atoms with Crippen molar-refractivity contribution in [3.8, 4) is 0 Å². The van der Waals surface area contributed by atoms with Crippen molar-refractivity contribution in [3.63, 3.8) is 0 Å². The number of amides is 3. The number of nitrogens with zero attached hydrogens (tertiary/aromatic N) is 1. The maximum atomic E-state index is 12.7. The largest absolute Gasteiger partial charge is 0.352 e. The lowest BCUT2D eigenvalue weighted by molar-refractivity contribution is -0.917. The fourth-order valence-electron chi connectivity index (χ4n) is 3.18. The predicted octanol–water partition coefficient (Wildman–Crippen LogP) is 0.0121. The highest BCUT2D eigenvalue weighted by Gasteiger charge is 2.29. The number of nitrogens with two attached hydrogens (primary N) is 1. The van der Waals surface area contributed by atoms with Crippen LogP contribution < -0.4 is 16.0 Å². The molecule has 6 nitrogen and oxygen atoms in total. The van der Waals surface area contributed by atoms with Crippen LogP contribution in [0.4, 0.5) is 4.79 Å². The minimum Gasteiger partial charge on any atom is -0.352 e. The van der Waals surface area contributed by atoms with E-state index in [9.17, 15) is 9.59 Å². The number of carbonyl (C=O) groups excluding carboxylic acids is 2. The summed E-state index contributed by atoms with van der Waals surface area (Å²) < 4.78 is 0. The van der Waals surface area contributed by atoms with Gasteiger partial charge in [0.1, 0.15) is 12.6 Å². The lowest BCUT2D eigenvalue weighted by Crippen LogP contribution is -3.13. The second-order valence-corrected chi connectivity index (χ2v) is 7.51. The fourth-order valence-corrected chi connectivity index (χ4v) is 3.65. The second kappa shape index (κ2) is 9.68. The lowest BCUT2D eigenvalue weighted by Gasteiger charge is -2.34. The molecular weight excluding hydrogens is 336 g/mol. The molecule has 7 heteroatoms. The summed E-state index contributed by atoms with van der Waals surface area (Å²) in [7, 11) is 0. The number of quaternary nitrogens is 1. The van der Waals surface area contributed by atoms with E-state index in [-0.39, 0.29) is 5.91 Å². The number of aryl methyl sites for hydroxylation is 1. The molecule has 0 aromatic heterocycles. The van der Waals surface area contributed by atoms with Gasteiger partial charge in [0.15, 0.2) is 0 Å². The highest BCUT2D eigenvalue weighted by atomic mass is 32.2. The Kier molecular flexibility index (Phi) is 7.58. The standard InChI is InChI=1S/C18H28N4O2S/c1-14-5-3-4-6-15(14)13-21-8-10-22(11-9-21)17(23)16(7-12-25-2)20-18(19)24/h3-6,16H,7-13H2,1-2H3,(H3,19,20,24)/p+1/t16-/m0/s1. The minimum atomic E-state index is -0.636. The van der Waals surface area contributed by atoms with E-state index >= 15 is 0 Å². The van der Waals surface area contributed by atoms with Crippen LogP contribution >= 0.6 is 11.8 Å². The first-order valence-corrected chi connectivity index (χ1v) is 10.1. The van der Waals surface area contributed by atoms with Gasteiger partial charge in [0.05, 0.1) is 26.2 Å². The number of hydrogen-bond acceptors (Lipinski definition) is 3. The third kappa shape index (κ3) is 5.93. The van der Waals surface area contributed by atoms with E-state index in [1.165, 1.54) is 16.0 Å². The molecule has 1 heterocycles. The van der Waals surface area contributed by atoms with Gasteiger partial charge in [0.25, 0.3) is 0 Å². The van der Waals surface area contributed by atoms with Crippen LogP contribution in [0.5, 0.6) is 0 Å². The number of urea groups is 1. The quantitative estimate of drug-likeness (QED) is 0.637. The van der Waals surface area contributed by atoms with Crippen molar-refractivity contribution >= 4 is 23.7 Å². The van der Waals surface area contributed by atoms with E-state index in [0.717, 1.165) is 38.5 Å². The van der Waals surface area contributed by atoms with Crippen LogP contribution in [0.1, 0.15) is 17.5 Å². The number of carbonyl (C=O) groups is 2. The summed E-state index contributed by atoms with van der Waals surface area (Å²) in [6.45, 7) is 6.41. The monoisotopic (exact) mass is 365 g/mol. The van der Waals surface area contributed by atoms with Crippen LogP contribution in [0.3, 0.4) is 0 Å². The first-order valence-electron chi connectivity index (χ1n) is 8.73. The molecule has 1 fully saturated rings. The van der Waals surface area contributed by atoms with Crippen LogP contribution in [-0.4, -0.2) is 61.1 Å². The van der Waals surface area contributed by atoms with E-state index in [4.69, 9.17) is 5.73 Å². The van der Waals surface area contributed by atoms with E-state index in [1.807, 2.05) is 11.2 Å². The Labute approximate surface area is 154 Å². The maximum absolute atomic E-state index is 12.7. The number of primary amides is 1. The third-order valence-electron chi connectivity index (χ3n) is 4.71. The molecule has 3 amide bonds. The highest BCUT2D eigenvalue weighted by Crippen LogP contribution is 2.07. The van der Waals surface area contributed by atoms with E-state index in [1.54, 1.807) is 11.8 Å². The SMILES string of the molecule is CSCC[C@H](NC(N)=O)C(=O)N1CC[NH+](Cc2ccccc2C)CC1. The van der Waals surface area contributed by atoms with Gasteiger partial charge in [0.2, 0.25) is 5.91 Å². The van der Waals surface area contributed by atoms with Crippen molar-refractivity contribution in [2.75, 3.05) is 38.2 Å². The van der Waals surface area contributed by atoms with Crippen LogP contribution in [-0.2, 0) is 11.3 Å². The van der Waals surface area contributed by atoms with Gasteiger partial charge in [-0.3, -0.25) is 4.79 Å². The van der Waals surface area contributed by atoms with Gasteiger partial charge in [-0.15, -0.1) is 0 Å². The molecule has 0 bridgehead atoms. The van der Waals surface area contributed by atoms with E-state index in [2.05, 4.69) is 36.5 Å². The Morgan fingerprint density at radius 3 is 2.60 bits per heavy atom. The first kappa shape index (κ1) is 19.6. The zero-order chi connectivity index (χ0) is 18.2. The molecule has 0 aliphatic carbocycles. The number of hydrogen-bond donors (Lipinski definition) is 3. The summed E-state index contributed by atoms with van der Waals surface area (Å²) in [5.74, 6) is 0.803. The second-order valence-electron chi connectivity index (χ2n) is 6.52. The molecule has 4 N–H and O–H groups in total. The Morgan fingerprint density at radius 2 is 2.00 bits per heavy atom. The maximum Gasteiger partial charge on any atom is 0.312 e. The number of nitrogens with one attached hydrogen (secondary N) is 2. The summed E-state index contributed by atoms with van der Waals surface area (Å²) >= 11 is 1.66. The molecule has 25 heavy (non-hydrogen) atoms. The third-order valence-corrected chi connectivity index (χ3v) is 5.35. The van der Waals surface area contributed by atoms with Crippen LogP contribution in [0.2, 0.25) is 0 Å². The topological polar surface area (TPSA) is 79.9 Å². The molecule has 0 unspecified atom stereocenters. The Balaban J connectivity index is 1.88. The number of benzene rings is 1. The van der Waals surface area contributed by atoms with Crippen LogP contribution in [0, 0.1) is 6.92 Å². The van der Waals surface area contributed by atoms with Gasteiger partial charge in [-0.2, -0.15) is 11.8 Å². The average Bonchev–Trinajstić information content (AvgIpc) is 2.60. The van der Waals surface area contributed by atoms with Crippen molar-refractivity contribution in [2.24, 2.45) is 5.73 Å². The first-order chi connectivity index (χ1) is 12.0. The molecule has 0 radical (unpaired) electrons. The fraction of sp³-hybridized carbons (Fsp3) is 0.556. The molecule has 1 aliphatic heterocycles. The molecule has 1 atom stereocenters. The number of piperazine rings is 1. The minimum absolute atomic E-state index is 0.0113. The molecule has 0 saturated carbocycles. The van der Waals surface area contributed by atoms with Crippen LogP contribution in [0.15, 0.2) is 24.3 Å². The smallest absolute Gasteiger partial charge is 0.312 e. The van der Waals surface area contributed by atoms with Gasteiger partial charge in [-0.05, 0) is 30.9 Å². The molecular formula is C18H29N4O2S+. The van der Waals surface area contributed by atoms with Gasteiger partial charge in [0, 0.05) is 5.56 Å². The molecule has 138 valence electrons. The van der Waals surface area contributed by atoms with Crippen molar-refractivity contribution in [2.45, 2.75) is 25.9 Å². The van der Waals surface area contributed by atoms with Crippen molar-refractivity contribution < 1.29 is 14.5 Å². The van der Waals surface area contributed by atoms with Crippen LogP contribution in [0.25, 0.3) is 0 Å². The van der Waals surface area contributed by atoms with Crippen molar-refractivity contribution in [1.82, 2.24) is 10.2 Å². The summed E-state index contributed by atoms with van der Waals surface area (Å²) in [6.07, 6.45) is 2.60. The summed E-state index contributed by atoms with van der Waals surface area (Å²) in [6, 6.07) is 7.31. The Hall–Kier alpha value is -1.73. The van der Waals surface area contributed by atoms with Gasteiger partial charge >= 0.3 is 6.03 Å². The summed E-state index contributed by atoms with van der Waals surface area (Å²) in [5.41, 5.74) is 7.91. The molecule has 1 aromatic rings. The van der Waals surface area contributed by atoms with Gasteiger partial charge in [-0.1, -0.05) is 24.3 Å².